The Kier molecular flexibility index (Phi) is 3.49. The van der Waals surface area contributed by atoms with Crippen LogP contribution in [0.1, 0.15) is 61.3 Å². The Morgan fingerprint density at radius 1 is 1.37 bits per heavy atom. The van der Waals surface area contributed by atoms with Crippen LogP contribution in [0.25, 0.3) is 0 Å². The molecule has 2 aliphatic rings. The minimum atomic E-state index is 0.0298. The lowest BCUT2D eigenvalue weighted by molar-refractivity contribution is -0.147. The van der Waals surface area contributed by atoms with Gasteiger partial charge in [-0.25, -0.2) is 0 Å². The molecule has 3 heteroatoms. The SMILES string of the molecule is CCC1(C(C)C)C2CC(CN2C(C)(C)C)N1C(C)=O. The van der Waals surface area contributed by atoms with Gasteiger partial charge in [0, 0.05) is 31.1 Å². The second kappa shape index (κ2) is 4.47. The van der Waals surface area contributed by atoms with E-state index in [1.54, 1.807) is 6.92 Å². The van der Waals surface area contributed by atoms with E-state index in [2.05, 4.69) is 51.3 Å². The predicted octanol–water partition coefficient (Wildman–Crippen LogP) is 2.89. The van der Waals surface area contributed by atoms with E-state index in [9.17, 15) is 4.79 Å². The van der Waals surface area contributed by atoms with Gasteiger partial charge in [-0.05, 0) is 39.5 Å². The number of nitrogens with zero attached hydrogens (tertiary/aromatic N) is 2. The Morgan fingerprint density at radius 3 is 2.32 bits per heavy atom. The van der Waals surface area contributed by atoms with Gasteiger partial charge in [0.25, 0.3) is 0 Å². The number of fused-ring (bicyclic) bond motifs is 2. The maximum absolute atomic E-state index is 12.2. The van der Waals surface area contributed by atoms with Crippen molar-refractivity contribution < 1.29 is 4.79 Å². The molecule has 0 N–H and O–H groups in total. The van der Waals surface area contributed by atoms with E-state index in [1.807, 2.05) is 0 Å². The summed E-state index contributed by atoms with van der Waals surface area (Å²) in [7, 11) is 0. The molecule has 0 spiro atoms. The van der Waals surface area contributed by atoms with E-state index in [1.165, 1.54) is 0 Å². The van der Waals surface area contributed by atoms with E-state index < -0.39 is 0 Å². The number of likely N-dealkylation sites (tertiary alicyclic amines) is 2. The largest absolute Gasteiger partial charge is 0.331 e. The van der Waals surface area contributed by atoms with Crippen LogP contribution in [0.2, 0.25) is 0 Å². The van der Waals surface area contributed by atoms with Gasteiger partial charge in [0.2, 0.25) is 5.91 Å². The van der Waals surface area contributed by atoms with Crippen molar-refractivity contribution >= 4 is 5.91 Å². The molecule has 2 bridgehead atoms. The molecule has 0 aliphatic carbocycles. The van der Waals surface area contributed by atoms with Crippen molar-refractivity contribution in [2.45, 2.75) is 84.5 Å². The number of carbonyl (C=O) groups excluding carboxylic acids is 1. The molecule has 19 heavy (non-hydrogen) atoms. The van der Waals surface area contributed by atoms with E-state index in [0.29, 0.717) is 18.0 Å². The van der Waals surface area contributed by atoms with Crippen LogP contribution in [-0.4, -0.2) is 45.4 Å². The van der Waals surface area contributed by atoms with Crippen molar-refractivity contribution in [3.63, 3.8) is 0 Å². The van der Waals surface area contributed by atoms with Gasteiger partial charge >= 0.3 is 0 Å². The molecule has 2 aliphatic heterocycles. The quantitative estimate of drug-likeness (QED) is 0.767. The number of hydrogen-bond acceptors (Lipinski definition) is 2. The number of amides is 1. The maximum atomic E-state index is 12.2. The van der Waals surface area contributed by atoms with Crippen LogP contribution >= 0.6 is 0 Å². The van der Waals surface area contributed by atoms with E-state index in [0.717, 1.165) is 19.4 Å². The fourth-order valence-electron chi connectivity index (χ4n) is 4.74. The molecule has 2 fully saturated rings. The van der Waals surface area contributed by atoms with Gasteiger partial charge in [-0.3, -0.25) is 9.69 Å². The molecular weight excluding hydrogens is 236 g/mol. The molecule has 1 amide bonds. The average Bonchev–Trinajstić information content (AvgIpc) is 2.82. The molecule has 2 saturated heterocycles. The zero-order chi connectivity index (χ0) is 14.6. The standard InChI is InChI=1S/C16H30N2O/c1-8-16(11(2)3)14-9-13(18(16)12(4)19)10-17(14)15(5,6)7/h11,13-14H,8-10H2,1-7H3. The molecule has 3 atom stereocenters. The normalized spacial score (nSPS) is 35.5. The highest BCUT2D eigenvalue weighted by Crippen LogP contribution is 2.50. The Hall–Kier alpha value is -0.570. The second-order valence-electron chi connectivity index (χ2n) is 7.62. The van der Waals surface area contributed by atoms with Crippen molar-refractivity contribution in [2.24, 2.45) is 5.92 Å². The summed E-state index contributed by atoms with van der Waals surface area (Å²) >= 11 is 0. The van der Waals surface area contributed by atoms with Gasteiger partial charge in [-0.15, -0.1) is 0 Å². The van der Waals surface area contributed by atoms with Crippen LogP contribution < -0.4 is 0 Å². The molecule has 0 saturated carbocycles. The second-order valence-corrected chi connectivity index (χ2v) is 7.62. The summed E-state index contributed by atoms with van der Waals surface area (Å²) in [5, 5.41) is 0. The summed E-state index contributed by atoms with van der Waals surface area (Å²) < 4.78 is 0. The Labute approximate surface area is 118 Å². The molecule has 2 rings (SSSR count). The van der Waals surface area contributed by atoms with Crippen LogP contribution in [0.4, 0.5) is 0 Å². The fourth-order valence-corrected chi connectivity index (χ4v) is 4.74. The molecule has 0 aromatic carbocycles. The minimum Gasteiger partial charge on any atom is -0.331 e. The first-order valence-corrected chi connectivity index (χ1v) is 7.73. The van der Waals surface area contributed by atoms with Crippen LogP contribution in [-0.2, 0) is 4.79 Å². The lowest BCUT2D eigenvalue weighted by Gasteiger charge is -2.55. The minimum absolute atomic E-state index is 0.0298. The third-order valence-corrected chi connectivity index (χ3v) is 5.44. The molecule has 110 valence electrons. The van der Waals surface area contributed by atoms with E-state index in [4.69, 9.17) is 0 Å². The summed E-state index contributed by atoms with van der Waals surface area (Å²) in [6.07, 6.45) is 2.21. The van der Waals surface area contributed by atoms with Crippen molar-refractivity contribution in [1.82, 2.24) is 9.80 Å². The predicted molar refractivity (Wildman–Crippen MR) is 79.0 cm³/mol. The highest BCUT2D eigenvalue weighted by molar-refractivity contribution is 5.76. The van der Waals surface area contributed by atoms with Gasteiger partial charge in [-0.1, -0.05) is 20.8 Å². The highest BCUT2D eigenvalue weighted by atomic mass is 16.2. The first-order valence-electron chi connectivity index (χ1n) is 7.73. The summed E-state index contributed by atoms with van der Waals surface area (Å²) in [5.41, 5.74) is 0.222. The summed E-state index contributed by atoms with van der Waals surface area (Å²) in [5.74, 6) is 0.762. The first-order chi connectivity index (χ1) is 8.66. The topological polar surface area (TPSA) is 23.6 Å². The van der Waals surface area contributed by atoms with Gasteiger partial charge in [0.1, 0.15) is 0 Å². The Balaban J connectivity index is 2.44. The molecule has 3 nitrogen and oxygen atoms in total. The van der Waals surface area contributed by atoms with Crippen LogP contribution in [0, 0.1) is 5.92 Å². The van der Waals surface area contributed by atoms with E-state index in [-0.39, 0.29) is 17.0 Å². The third-order valence-electron chi connectivity index (χ3n) is 5.44. The highest BCUT2D eigenvalue weighted by Gasteiger charge is 2.62. The lowest BCUT2D eigenvalue weighted by Crippen LogP contribution is -2.68. The molecule has 0 aromatic heterocycles. The smallest absolute Gasteiger partial charge is 0.220 e. The van der Waals surface area contributed by atoms with Gasteiger partial charge in [0.15, 0.2) is 0 Å². The van der Waals surface area contributed by atoms with Crippen LogP contribution in [0.15, 0.2) is 0 Å². The van der Waals surface area contributed by atoms with Crippen molar-refractivity contribution in [2.75, 3.05) is 6.54 Å². The number of rotatable bonds is 2. The third kappa shape index (κ3) is 1.93. The monoisotopic (exact) mass is 266 g/mol. The van der Waals surface area contributed by atoms with Crippen molar-refractivity contribution in [3.05, 3.63) is 0 Å². The molecule has 3 unspecified atom stereocenters. The van der Waals surface area contributed by atoms with Gasteiger partial charge in [-0.2, -0.15) is 0 Å². The molecule has 0 aromatic rings. The molecular formula is C16H30N2O. The van der Waals surface area contributed by atoms with Crippen LogP contribution in [0.3, 0.4) is 0 Å². The van der Waals surface area contributed by atoms with Gasteiger partial charge in [0.05, 0.1) is 5.54 Å². The van der Waals surface area contributed by atoms with Crippen molar-refractivity contribution in [1.29, 1.82) is 0 Å². The Morgan fingerprint density at radius 2 is 1.95 bits per heavy atom. The number of hydrogen-bond donors (Lipinski definition) is 0. The van der Waals surface area contributed by atoms with Gasteiger partial charge < -0.3 is 4.90 Å². The molecule has 2 heterocycles. The number of piperazine rings is 1. The maximum Gasteiger partial charge on any atom is 0.220 e. The van der Waals surface area contributed by atoms with E-state index >= 15 is 0 Å². The summed E-state index contributed by atoms with van der Waals surface area (Å²) in [4.78, 5) is 17.0. The molecule has 0 radical (unpaired) electrons. The van der Waals surface area contributed by atoms with Crippen LogP contribution in [0.5, 0.6) is 0 Å². The Bertz CT molecular complexity index is 371. The first kappa shape index (κ1) is 14.8. The lowest BCUT2D eigenvalue weighted by atomic mass is 9.76. The fraction of sp³-hybridized carbons (Fsp3) is 0.938. The average molecular weight is 266 g/mol. The zero-order valence-electron chi connectivity index (χ0n) is 13.7. The zero-order valence-corrected chi connectivity index (χ0v) is 13.7. The summed E-state index contributed by atoms with van der Waals surface area (Å²) in [6, 6.07) is 0.940. The van der Waals surface area contributed by atoms with Crippen molar-refractivity contribution in [3.8, 4) is 0 Å². The number of carbonyl (C=O) groups is 1. The summed E-state index contributed by atoms with van der Waals surface area (Å²) in [6.45, 7) is 16.5.